The molecule has 1 rings (SSSR count). The molecular formula is C11H17IN2. The highest BCUT2D eigenvalue weighted by Crippen LogP contribution is 2.17. The minimum absolute atomic E-state index is 0.994. The van der Waals surface area contributed by atoms with Crippen LogP contribution in [-0.2, 0) is 0 Å². The predicted octanol–water partition coefficient (Wildman–Crippen LogP) is 2.57. The molecule has 0 amide bonds. The van der Waals surface area contributed by atoms with Gasteiger partial charge in [-0.05, 0) is 61.3 Å². The summed E-state index contributed by atoms with van der Waals surface area (Å²) in [6.07, 6.45) is 0. The zero-order valence-electron chi connectivity index (χ0n) is 8.97. The molecule has 0 heterocycles. The molecule has 0 unspecified atom stereocenters. The van der Waals surface area contributed by atoms with Crippen molar-refractivity contribution in [3.8, 4) is 0 Å². The van der Waals surface area contributed by atoms with Crippen LogP contribution in [0, 0.1) is 10.5 Å². The van der Waals surface area contributed by atoms with Crippen LogP contribution in [0.25, 0.3) is 0 Å². The van der Waals surface area contributed by atoms with E-state index < -0.39 is 0 Å². The Kier molecular flexibility index (Phi) is 4.68. The summed E-state index contributed by atoms with van der Waals surface area (Å²) in [6, 6.07) is 6.47. The maximum atomic E-state index is 3.44. The Morgan fingerprint density at radius 2 is 2.07 bits per heavy atom. The van der Waals surface area contributed by atoms with E-state index >= 15 is 0 Å². The first-order chi connectivity index (χ1) is 6.59. The second-order valence-electron chi connectivity index (χ2n) is 3.69. The Hall–Kier alpha value is -0.290. The van der Waals surface area contributed by atoms with Crippen LogP contribution in [0.15, 0.2) is 18.2 Å². The van der Waals surface area contributed by atoms with Gasteiger partial charge in [0.1, 0.15) is 0 Å². The highest BCUT2D eigenvalue weighted by molar-refractivity contribution is 14.1. The van der Waals surface area contributed by atoms with E-state index in [0.29, 0.717) is 0 Å². The molecule has 0 radical (unpaired) electrons. The quantitative estimate of drug-likeness (QED) is 0.860. The summed E-state index contributed by atoms with van der Waals surface area (Å²) in [5.74, 6) is 0. The zero-order chi connectivity index (χ0) is 10.6. The lowest BCUT2D eigenvalue weighted by Crippen LogP contribution is -2.21. The van der Waals surface area contributed by atoms with Crippen molar-refractivity contribution in [1.82, 2.24) is 4.90 Å². The smallest absolute Gasteiger partial charge is 0.0380 e. The van der Waals surface area contributed by atoms with Gasteiger partial charge in [0.2, 0.25) is 0 Å². The molecule has 0 aliphatic heterocycles. The molecule has 0 aliphatic carbocycles. The third-order valence-corrected chi connectivity index (χ3v) is 2.75. The number of anilines is 1. The first-order valence-corrected chi connectivity index (χ1v) is 5.82. The van der Waals surface area contributed by atoms with Crippen molar-refractivity contribution >= 4 is 28.3 Å². The second kappa shape index (κ2) is 5.56. The highest BCUT2D eigenvalue weighted by atomic mass is 127. The molecule has 1 aromatic rings. The van der Waals surface area contributed by atoms with Crippen LogP contribution in [0.3, 0.4) is 0 Å². The number of hydrogen-bond donors (Lipinski definition) is 1. The van der Waals surface area contributed by atoms with Crippen LogP contribution in [0.1, 0.15) is 5.56 Å². The summed E-state index contributed by atoms with van der Waals surface area (Å²) < 4.78 is 1.28. The maximum absolute atomic E-state index is 3.44. The lowest BCUT2D eigenvalue weighted by atomic mass is 10.2. The van der Waals surface area contributed by atoms with Crippen LogP contribution < -0.4 is 5.32 Å². The molecule has 78 valence electrons. The van der Waals surface area contributed by atoms with Gasteiger partial charge < -0.3 is 10.2 Å². The summed E-state index contributed by atoms with van der Waals surface area (Å²) in [5.41, 5.74) is 2.56. The van der Waals surface area contributed by atoms with Crippen molar-refractivity contribution in [2.24, 2.45) is 0 Å². The van der Waals surface area contributed by atoms with Crippen molar-refractivity contribution < 1.29 is 0 Å². The Morgan fingerprint density at radius 3 is 2.71 bits per heavy atom. The number of halogens is 1. The van der Waals surface area contributed by atoms with E-state index in [9.17, 15) is 0 Å². The third-order valence-electron chi connectivity index (χ3n) is 2.07. The molecular weight excluding hydrogens is 287 g/mol. The van der Waals surface area contributed by atoms with Gasteiger partial charge in [-0.1, -0.05) is 6.07 Å². The van der Waals surface area contributed by atoms with Crippen molar-refractivity contribution in [1.29, 1.82) is 0 Å². The lowest BCUT2D eigenvalue weighted by molar-refractivity contribution is 0.425. The van der Waals surface area contributed by atoms with E-state index in [1.165, 1.54) is 14.8 Å². The predicted molar refractivity (Wildman–Crippen MR) is 70.9 cm³/mol. The summed E-state index contributed by atoms with van der Waals surface area (Å²) in [5, 5.41) is 3.44. The number of benzene rings is 1. The molecule has 0 saturated carbocycles. The highest BCUT2D eigenvalue weighted by Gasteiger charge is 1.98. The van der Waals surface area contributed by atoms with E-state index in [2.05, 4.69) is 72.0 Å². The van der Waals surface area contributed by atoms with Crippen LogP contribution in [0.2, 0.25) is 0 Å². The molecule has 3 heteroatoms. The molecule has 0 aromatic heterocycles. The number of nitrogens with one attached hydrogen (secondary N) is 1. The first kappa shape index (κ1) is 11.8. The summed E-state index contributed by atoms with van der Waals surface area (Å²) in [7, 11) is 4.17. The summed E-state index contributed by atoms with van der Waals surface area (Å²) in [6.45, 7) is 4.19. The number of nitrogens with zero attached hydrogens (tertiary/aromatic N) is 1. The molecule has 0 aliphatic rings. The van der Waals surface area contributed by atoms with Gasteiger partial charge in [-0.3, -0.25) is 0 Å². The SMILES string of the molecule is Cc1ccc(I)cc1NCCN(C)C. The van der Waals surface area contributed by atoms with Crippen molar-refractivity contribution in [3.05, 3.63) is 27.3 Å². The van der Waals surface area contributed by atoms with Gasteiger partial charge in [0, 0.05) is 22.3 Å². The van der Waals surface area contributed by atoms with E-state index in [4.69, 9.17) is 0 Å². The Labute approximate surface area is 99.8 Å². The van der Waals surface area contributed by atoms with Gasteiger partial charge in [0.25, 0.3) is 0 Å². The molecule has 0 saturated heterocycles. The summed E-state index contributed by atoms with van der Waals surface area (Å²) in [4.78, 5) is 2.18. The molecule has 1 aromatic carbocycles. The van der Waals surface area contributed by atoms with Gasteiger partial charge >= 0.3 is 0 Å². The van der Waals surface area contributed by atoms with Gasteiger partial charge in [-0.2, -0.15) is 0 Å². The largest absolute Gasteiger partial charge is 0.384 e. The normalized spacial score (nSPS) is 10.6. The fraction of sp³-hybridized carbons (Fsp3) is 0.455. The standard InChI is InChI=1S/C11H17IN2/c1-9-4-5-10(12)8-11(9)13-6-7-14(2)3/h4-5,8,13H,6-7H2,1-3H3. The molecule has 0 spiro atoms. The minimum Gasteiger partial charge on any atom is -0.384 e. The van der Waals surface area contributed by atoms with Gasteiger partial charge in [0.15, 0.2) is 0 Å². The first-order valence-electron chi connectivity index (χ1n) is 4.74. The number of hydrogen-bond acceptors (Lipinski definition) is 2. The topological polar surface area (TPSA) is 15.3 Å². The molecule has 0 bridgehead atoms. The van der Waals surface area contributed by atoms with Crippen LogP contribution in [-0.4, -0.2) is 32.1 Å². The van der Waals surface area contributed by atoms with Gasteiger partial charge in [-0.25, -0.2) is 0 Å². The van der Waals surface area contributed by atoms with E-state index in [1.807, 2.05) is 0 Å². The molecule has 2 nitrogen and oxygen atoms in total. The molecule has 0 fully saturated rings. The Balaban J connectivity index is 2.53. The van der Waals surface area contributed by atoms with Crippen molar-refractivity contribution in [2.45, 2.75) is 6.92 Å². The molecule has 14 heavy (non-hydrogen) atoms. The van der Waals surface area contributed by atoms with Crippen LogP contribution in [0.4, 0.5) is 5.69 Å². The van der Waals surface area contributed by atoms with E-state index in [1.54, 1.807) is 0 Å². The average Bonchev–Trinajstić information content (AvgIpc) is 2.10. The van der Waals surface area contributed by atoms with E-state index in [-0.39, 0.29) is 0 Å². The number of aryl methyl sites for hydroxylation is 1. The maximum Gasteiger partial charge on any atom is 0.0380 e. The Morgan fingerprint density at radius 1 is 1.36 bits per heavy atom. The monoisotopic (exact) mass is 304 g/mol. The van der Waals surface area contributed by atoms with Gasteiger partial charge in [-0.15, -0.1) is 0 Å². The number of likely N-dealkylation sites (N-methyl/N-ethyl adjacent to an activating group) is 1. The zero-order valence-corrected chi connectivity index (χ0v) is 11.1. The lowest BCUT2D eigenvalue weighted by Gasteiger charge is -2.13. The fourth-order valence-corrected chi connectivity index (χ4v) is 1.69. The third kappa shape index (κ3) is 3.84. The molecule has 0 atom stereocenters. The number of rotatable bonds is 4. The summed E-state index contributed by atoms with van der Waals surface area (Å²) >= 11 is 2.34. The van der Waals surface area contributed by atoms with Crippen LogP contribution in [0.5, 0.6) is 0 Å². The minimum atomic E-state index is 0.994. The molecule has 1 N–H and O–H groups in total. The average molecular weight is 304 g/mol. The van der Waals surface area contributed by atoms with Crippen molar-refractivity contribution in [3.63, 3.8) is 0 Å². The van der Waals surface area contributed by atoms with Gasteiger partial charge in [0.05, 0.1) is 0 Å². The Bertz CT molecular complexity index is 297. The van der Waals surface area contributed by atoms with Crippen molar-refractivity contribution in [2.75, 3.05) is 32.5 Å². The second-order valence-corrected chi connectivity index (χ2v) is 4.93. The fourth-order valence-electron chi connectivity index (χ4n) is 1.20. The van der Waals surface area contributed by atoms with E-state index in [0.717, 1.165) is 13.1 Å². The van der Waals surface area contributed by atoms with Crippen LogP contribution >= 0.6 is 22.6 Å².